The summed E-state index contributed by atoms with van der Waals surface area (Å²) in [7, 11) is 1.68. The monoisotopic (exact) mass is 283 g/mol. The summed E-state index contributed by atoms with van der Waals surface area (Å²) in [6, 6.07) is 8.43. The summed E-state index contributed by atoms with van der Waals surface area (Å²) in [6.07, 6.45) is 6.04. The van der Waals surface area contributed by atoms with Crippen LogP contribution in [0.25, 0.3) is 16.5 Å². The summed E-state index contributed by atoms with van der Waals surface area (Å²) < 4.78 is 2.20. The lowest BCUT2D eigenvalue weighted by Crippen LogP contribution is -2.20. The second-order valence-corrected chi connectivity index (χ2v) is 5.36. The molecule has 0 atom stereocenters. The molecule has 1 aromatic heterocycles. The third-order valence-electron chi connectivity index (χ3n) is 4.06. The molecular weight excluding hydrogens is 262 g/mol. The van der Waals surface area contributed by atoms with Crippen molar-refractivity contribution in [3.05, 3.63) is 42.1 Å². The molecule has 2 N–H and O–H groups in total. The van der Waals surface area contributed by atoms with Crippen molar-refractivity contribution in [3.63, 3.8) is 0 Å². The van der Waals surface area contributed by atoms with Crippen molar-refractivity contribution in [1.82, 2.24) is 15.2 Å². The number of hydrogen-bond acceptors (Lipinski definition) is 2. The van der Waals surface area contributed by atoms with E-state index >= 15 is 0 Å². The summed E-state index contributed by atoms with van der Waals surface area (Å²) in [6.45, 7) is 2.68. The molecule has 0 radical (unpaired) electrons. The number of aromatic nitrogens is 1. The van der Waals surface area contributed by atoms with Crippen molar-refractivity contribution in [2.24, 2.45) is 0 Å². The maximum absolute atomic E-state index is 11.5. The van der Waals surface area contributed by atoms with Gasteiger partial charge in [-0.25, -0.2) is 0 Å². The third kappa shape index (κ3) is 2.85. The maximum Gasteiger partial charge on any atom is 0.221 e. The SMILES string of the molecule is CNC(=O)CCn1cc(C2=CCNCC2)c2ccccc21. The Labute approximate surface area is 124 Å². The highest BCUT2D eigenvalue weighted by Gasteiger charge is 2.13. The summed E-state index contributed by atoms with van der Waals surface area (Å²) in [4.78, 5) is 11.5. The molecule has 110 valence electrons. The number of fused-ring (bicyclic) bond motifs is 1. The van der Waals surface area contributed by atoms with Crippen LogP contribution in [0.4, 0.5) is 0 Å². The average Bonchev–Trinajstić information content (AvgIpc) is 2.92. The van der Waals surface area contributed by atoms with Crippen LogP contribution in [0.15, 0.2) is 36.5 Å². The Morgan fingerprint density at radius 3 is 3.00 bits per heavy atom. The molecule has 2 heterocycles. The lowest BCUT2D eigenvalue weighted by Gasteiger charge is -2.13. The van der Waals surface area contributed by atoms with Crippen molar-refractivity contribution in [3.8, 4) is 0 Å². The van der Waals surface area contributed by atoms with Gasteiger partial charge in [0, 0.05) is 49.2 Å². The minimum absolute atomic E-state index is 0.0791. The molecule has 1 aromatic carbocycles. The number of aryl methyl sites for hydroxylation is 1. The van der Waals surface area contributed by atoms with Crippen molar-refractivity contribution >= 4 is 22.4 Å². The summed E-state index contributed by atoms with van der Waals surface area (Å²) in [5.74, 6) is 0.0791. The van der Waals surface area contributed by atoms with Crippen LogP contribution in [-0.2, 0) is 11.3 Å². The molecule has 1 aliphatic heterocycles. The van der Waals surface area contributed by atoms with E-state index < -0.39 is 0 Å². The zero-order chi connectivity index (χ0) is 14.7. The minimum atomic E-state index is 0.0791. The standard InChI is InChI=1S/C17H21N3O/c1-18-17(21)8-11-20-12-15(13-6-9-19-10-7-13)14-4-2-3-5-16(14)20/h2-6,12,19H,7-11H2,1H3,(H,18,21). The van der Waals surface area contributed by atoms with Gasteiger partial charge in [-0.2, -0.15) is 0 Å². The van der Waals surface area contributed by atoms with Gasteiger partial charge in [0.2, 0.25) is 5.91 Å². The molecule has 21 heavy (non-hydrogen) atoms. The van der Waals surface area contributed by atoms with Gasteiger partial charge in [0.1, 0.15) is 0 Å². The Bertz CT molecular complexity index is 684. The van der Waals surface area contributed by atoms with Crippen molar-refractivity contribution in [2.75, 3.05) is 20.1 Å². The molecule has 0 fully saturated rings. The Morgan fingerprint density at radius 2 is 2.24 bits per heavy atom. The zero-order valence-electron chi connectivity index (χ0n) is 12.4. The topological polar surface area (TPSA) is 46.1 Å². The van der Waals surface area contributed by atoms with Gasteiger partial charge in [-0.3, -0.25) is 4.79 Å². The number of nitrogens with one attached hydrogen (secondary N) is 2. The van der Waals surface area contributed by atoms with Gasteiger partial charge in [0.25, 0.3) is 0 Å². The molecule has 0 saturated carbocycles. The van der Waals surface area contributed by atoms with Crippen LogP contribution in [0.1, 0.15) is 18.4 Å². The van der Waals surface area contributed by atoms with E-state index in [-0.39, 0.29) is 5.91 Å². The van der Waals surface area contributed by atoms with E-state index in [0.717, 1.165) is 19.5 Å². The average molecular weight is 283 g/mol. The van der Waals surface area contributed by atoms with Crippen LogP contribution < -0.4 is 10.6 Å². The number of carbonyl (C=O) groups excluding carboxylic acids is 1. The predicted molar refractivity (Wildman–Crippen MR) is 86.1 cm³/mol. The number of para-hydroxylation sites is 1. The second-order valence-electron chi connectivity index (χ2n) is 5.36. The van der Waals surface area contributed by atoms with E-state index in [0.29, 0.717) is 13.0 Å². The fraction of sp³-hybridized carbons (Fsp3) is 0.353. The molecule has 4 nitrogen and oxygen atoms in total. The van der Waals surface area contributed by atoms with Crippen molar-refractivity contribution in [1.29, 1.82) is 0 Å². The smallest absolute Gasteiger partial charge is 0.221 e. The normalized spacial score (nSPS) is 15.0. The first-order chi connectivity index (χ1) is 10.3. The van der Waals surface area contributed by atoms with E-state index in [1.165, 1.54) is 22.0 Å². The van der Waals surface area contributed by atoms with Gasteiger partial charge in [-0.1, -0.05) is 24.3 Å². The quantitative estimate of drug-likeness (QED) is 0.903. The van der Waals surface area contributed by atoms with Crippen LogP contribution in [0, 0.1) is 0 Å². The van der Waals surface area contributed by atoms with Gasteiger partial charge < -0.3 is 15.2 Å². The van der Waals surface area contributed by atoms with Gasteiger partial charge >= 0.3 is 0 Å². The van der Waals surface area contributed by atoms with E-state index in [1.54, 1.807) is 7.05 Å². The first-order valence-electron chi connectivity index (χ1n) is 7.48. The van der Waals surface area contributed by atoms with Crippen molar-refractivity contribution in [2.45, 2.75) is 19.4 Å². The first-order valence-corrected chi connectivity index (χ1v) is 7.48. The predicted octanol–water partition coefficient (Wildman–Crippen LogP) is 2.15. The lowest BCUT2D eigenvalue weighted by molar-refractivity contribution is -0.120. The van der Waals surface area contributed by atoms with Crippen LogP contribution in [-0.4, -0.2) is 30.6 Å². The van der Waals surface area contributed by atoms with Crippen LogP contribution >= 0.6 is 0 Å². The summed E-state index contributed by atoms with van der Waals surface area (Å²) in [5, 5.41) is 7.31. The van der Waals surface area contributed by atoms with Gasteiger partial charge in [-0.05, 0) is 24.6 Å². The zero-order valence-corrected chi connectivity index (χ0v) is 12.4. The Balaban J connectivity index is 1.97. The molecule has 0 spiro atoms. The van der Waals surface area contributed by atoms with Crippen LogP contribution in [0.5, 0.6) is 0 Å². The van der Waals surface area contributed by atoms with Gasteiger partial charge in [-0.15, -0.1) is 0 Å². The summed E-state index contributed by atoms with van der Waals surface area (Å²) in [5.41, 5.74) is 3.92. The lowest BCUT2D eigenvalue weighted by atomic mass is 10.00. The van der Waals surface area contributed by atoms with Gasteiger partial charge in [0.15, 0.2) is 0 Å². The van der Waals surface area contributed by atoms with E-state index in [9.17, 15) is 4.79 Å². The molecule has 3 rings (SSSR count). The Morgan fingerprint density at radius 1 is 1.38 bits per heavy atom. The van der Waals surface area contributed by atoms with Crippen LogP contribution in [0.2, 0.25) is 0 Å². The fourth-order valence-corrected chi connectivity index (χ4v) is 2.90. The molecule has 0 saturated heterocycles. The number of rotatable bonds is 4. The number of hydrogen-bond donors (Lipinski definition) is 2. The Kier molecular flexibility index (Phi) is 4.06. The molecular formula is C17H21N3O. The van der Waals surface area contributed by atoms with E-state index in [2.05, 4.69) is 51.7 Å². The molecule has 0 unspecified atom stereocenters. The first kappa shape index (κ1) is 13.9. The molecule has 0 aliphatic carbocycles. The second kappa shape index (κ2) is 6.14. The molecule has 1 aliphatic rings. The van der Waals surface area contributed by atoms with Crippen LogP contribution in [0.3, 0.4) is 0 Å². The summed E-state index contributed by atoms with van der Waals surface area (Å²) >= 11 is 0. The molecule has 0 bridgehead atoms. The minimum Gasteiger partial charge on any atom is -0.359 e. The largest absolute Gasteiger partial charge is 0.359 e. The number of benzene rings is 1. The highest BCUT2D eigenvalue weighted by atomic mass is 16.1. The molecule has 4 heteroatoms. The highest BCUT2D eigenvalue weighted by molar-refractivity contribution is 5.93. The van der Waals surface area contributed by atoms with Gasteiger partial charge in [0.05, 0.1) is 0 Å². The fourth-order valence-electron chi connectivity index (χ4n) is 2.90. The highest BCUT2D eigenvalue weighted by Crippen LogP contribution is 2.29. The van der Waals surface area contributed by atoms with Crippen molar-refractivity contribution < 1.29 is 4.79 Å². The Hall–Kier alpha value is -2.07. The maximum atomic E-state index is 11.5. The van der Waals surface area contributed by atoms with E-state index in [4.69, 9.17) is 0 Å². The molecule has 2 aromatic rings. The number of amides is 1. The van der Waals surface area contributed by atoms with E-state index in [1.807, 2.05) is 0 Å². The molecule has 1 amide bonds. The number of carbonyl (C=O) groups is 1. The number of nitrogens with zero attached hydrogens (tertiary/aromatic N) is 1. The third-order valence-corrected chi connectivity index (χ3v) is 4.06.